The zero-order valence-electron chi connectivity index (χ0n) is 24.3. The van der Waals surface area contributed by atoms with E-state index in [1.165, 1.54) is 18.9 Å². The Labute approximate surface area is 245 Å². The Bertz CT molecular complexity index is 1230. The number of nitrogens with zero attached hydrogens (tertiary/aromatic N) is 1. The molecule has 0 spiro atoms. The molecule has 0 aromatic heterocycles. The van der Waals surface area contributed by atoms with Crippen LogP contribution in [0.2, 0.25) is 0 Å². The summed E-state index contributed by atoms with van der Waals surface area (Å²) in [7, 11) is 0. The van der Waals surface area contributed by atoms with Gasteiger partial charge in [-0.05, 0) is 58.1 Å². The van der Waals surface area contributed by atoms with Gasteiger partial charge < -0.3 is 31.3 Å². The highest BCUT2D eigenvalue weighted by Gasteiger charge is 2.44. The second kappa shape index (κ2) is 14.3. The second-order valence-corrected chi connectivity index (χ2v) is 11.2. The van der Waals surface area contributed by atoms with Gasteiger partial charge in [0.2, 0.25) is 17.7 Å². The Morgan fingerprint density at radius 2 is 1.48 bits per heavy atom. The van der Waals surface area contributed by atoms with E-state index in [0.29, 0.717) is 0 Å². The molecule has 12 heteroatoms. The molecule has 7 N–H and O–H groups in total. The highest BCUT2D eigenvalue weighted by atomic mass is 16.6. The van der Waals surface area contributed by atoms with Crippen molar-refractivity contribution in [3.8, 4) is 0 Å². The number of primary amides is 1. The first-order chi connectivity index (χ1) is 19.8. The molecule has 1 unspecified atom stereocenters. The molecule has 2 aromatic rings. The number of rotatable bonds is 14. The zero-order chi connectivity index (χ0) is 31.0. The third-order valence-corrected chi connectivity index (χ3v) is 7.05. The van der Waals surface area contributed by atoms with Gasteiger partial charge in [0.1, 0.15) is 12.1 Å². The Hall–Kier alpha value is -4.00. The summed E-state index contributed by atoms with van der Waals surface area (Å²) < 4.78 is 5.41. The smallest absolute Gasteiger partial charge is 0.426 e. The average Bonchev–Trinajstić information content (AvgIpc) is 3.21. The summed E-state index contributed by atoms with van der Waals surface area (Å²) in [6.07, 6.45) is -2.55. The normalized spacial score (nSPS) is 18.6. The average molecular weight is 584 g/mol. The first-order valence-electron chi connectivity index (χ1n) is 13.9. The van der Waals surface area contributed by atoms with E-state index in [9.17, 15) is 29.4 Å². The number of carbonyl (C=O) groups excluding carboxylic acids is 4. The van der Waals surface area contributed by atoms with Crippen molar-refractivity contribution in [1.82, 2.24) is 21.1 Å². The van der Waals surface area contributed by atoms with E-state index in [2.05, 4.69) is 16.1 Å². The molecule has 2 aromatic carbocycles. The summed E-state index contributed by atoms with van der Waals surface area (Å²) in [5.74, 6) is -2.93. The van der Waals surface area contributed by atoms with Crippen molar-refractivity contribution in [2.24, 2.45) is 11.7 Å². The van der Waals surface area contributed by atoms with Gasteiger partial charge in [0.25, 0.3) is 0 Å². The van der Waals surface area contributed by atoms with Gasteiger partial charge in [-0.3, -0.25) is 14.4 Å². The summed E-state index contributed by atoms with van der Waals surface area (Å²) >= 11 is 0. The molecular weight excluding hydrogens is 542 g/mol. The van der Waals surface area contributed by atoms with Crippen molar-refractivity contribution in [3.05, 3.63) is 71.8 Å². The molecule has 1 heterocycles. The maximum absolute atomic E-state index is 13.6. The summed E-state index contributed by atoms with van der Waals surface area (Å²) in [5.41, 5.74) is 9.00. The van der Waals surface area contributed by atoms with E-state index in [1.54, 1.807) is 13.8 Å². The fourth-order valence-corrected chi connectivity index (χ4v) is 4.83. The minimum absolute atomic E-state index is 0.0456. The van der Waals surface area contributed by atoms with Crippen molar-refractivity contribution >= 4 is 23.8 Å². The van der Waals surface area contributed by atoms with Crippen LogP contribution in [0.1, 0.15) is 45.2 Å². The van der Waals surface area contributed by atoms with Gasteiger partial charge in [-0.15, -0.1) is 0 Å². The van der Waals surface area contributed by atoms with Gasteiger partial charge >= 0.3 is 6.09 Å². The summed E-state index contributed by atoms with van der Waals surface area (Å²) in [4.78, 5) is 50.7. The Morgan fingerprint density at radius 1 is 0.929 bits per heavy atom. The molecule has 1 fully saturated rings. The molecule has 1 aliphatic rings. The standard InChI is InChI=1S/C30H41N5O7/c1-18(27(39)33-25(19(2)36)26(31)38)32-28(40)22(15-20-11-7-5-8-12-20)17-24(37)23(16-21-13-9-6-10-14-21)35-29(41)42-30(3,4)34-35/h5-14,18-19,22-25,34,36-37H,15-17H2,1-4H3,(H2,31,38)(H,32,40)(H,33,39)/t18-,19?,22+,23-,24+,25-/m0/s1. The number of aliphatic hydroxyl groups excluding tert-OH is 2. The van der Waals surface area contributed by atoms with E-state index in [4.69, 9.17) is 10.5 Å². The topological polar surface area (TPSA) is 183 Å². The van der Waals surface area contributed by atoms with Gasteiger partial charge in [-0.2, -0.15) is 5.43 Å². The van der Waals surface area contributed by atoms with Crippen LogP contribution in [0.4, 0.5) is 4.79 Å². The number of nitrogens with two attached hydrogens (primary N) is 1. The molecule has 6 atom stereocenters. The largest absolute Gasteiger partial charge is 0.426 e. The number of ether oxygens (including phenoxy) is 1. The molecule has 228 valence electrons. The molecule has 1 saturated heterocycles. The van der Waals surface area contributed by atoms with Crippen LogP contribution in [-0.2, 0) is 32.0 Å². The Kier molecular flexibility index (Phi) is 11.0. The predicted octanol–water partition coefficient (Wildman–Crippen LogP) is 0.756. The van der Waals surface area contributed by atoms with E-state index in [0.717, 1.165) is 11.1 Å². The zero-order valence-corrected chi connectivity index (χ0v) is 24.3. The molecule has 4 amide bonds. The van der Waals surface area contributed by atoms with Gasteiger partial charge in [0, 0.05) is 5.92 Å². The molecule has 1 aliphatic heterocycles. The Morgan fingerprint density at radius 3 is 1.95 bits per heavy atom. The number of hydrogen-bond donors (Lipinski definition) is 6. The number of amides is 4. The van der Waals surface area contributed by atoms with Gasteiger partial charge in [0.15, 0.2) is 5.72 Å². The fourth-order valence-electron chi connectivity index (χ4n) is 4.83. The minimum atomic E-state index is -1.32. The SMILES string of the molecule is CC(O)[C@H](NC(=O)[C@H](C)NC(=O)[C@H](Cc1ccccc1)C[C@@H](O)[C@H](Cc1ccccc1)N1NC(C)(C)OC1=O)C(N)=O. The van der Waals surface area contributed by atoms with E-state index < -0.39 is 65.8 Å². The van der Waals surface area contributed by atoms with Gasteiger partial charge in [-0.25, -0.2) is 9.80 Å². The van der Waals surface area contributed by atoms with Crippen molar-refractivity contribution < 1.29 is 34.1 Å². The minimum Gasteiger partial charge on any atom is -0.426 e. The number of benzene rings is 2. The van der Waals surface area contributed by atoms with Crippen LogP contribution in [-0.4, -0.2) is 75.1 Å². The van der Waals surface area contributed by atoms with E-state index in [-0.39, 0.29) is 19.3 Å². The Balaban J connectivity index is 1.82. The predicted molar refractivity (Wildman–Crippen MR) is 154 cm³/mol. The maximum atomic E-state index is 13.6. The molecule has 0 radical (unpaired) electrons. The lowest BCUT2D eigenvalue weighted by Crippen LogP contribution is -2.56. The third kappa shape index (κ3) is 9.00. The van der Waals surface area contributed by atoms with Crippen LogP contribution in [0.5, 0.6) is 0 Å². The second-order valence-electron chi connectivity index (χ2n) is 11.2. The third-order valence-electron chi connectivity index (χ3n) is 7.05. The summed E-state index contributed by atoms with van der Waals surface area (Å²) in [5, 5.41) is 27.6. The van der Waals surface area contributed by atoms with Crippen LogP contribution in [0.25, 0.3) is 0 Å². The lowest BCUT2D eigenvalue weighted by Gasteiger charge is -2.32. The van der Waals surface area contributed by atoms with Crippen LogP contribution in [0.15, 0.2) is 60.7 Å². The number of cyclic esters (lactones) is 1. The van der Waals surface area contributed by atoms with Crippen LogP contribution in [0.3, 0.4) is 0 Å². The van der Waals surface area contributed by atoms with Crippen molar-refractivity contribution in [2.75, 3.05) is 0 Å². The van der Waals surface area contributed by atoms with Gasteiger partial charge in [0.05, 0.1) is 18.2 Å². The first kappa shape index (κ1) is 32.5. The number of nitrogens with one attached hydrogen (secondary N) is 3. The number of carbonyl (C=O) groups is 4. The van der Waals surface area contributed by atoms with Crippen LogP contribution in [0, 0.1) is 5.92 Å². The van der Waals surface area contributed by atoms with E-state index in [1.807, 2.05) is 60.7 Å². The monoisotopic (exact) mass is 583 g/mol. The number of hydrogen-bond acceptors (Lipinski definition) is 8. The number of aliphatic hydroxyl groups is 2. The van der Waals surface area contributed by atoms with Crippen LogP contribution >= 0.6 is 0 Å². The lowest BCUT2D eigenvalue weighted by atomic mass is 9.88. The molecule has 0 saturated carbocycles. The summed E-state index contributed by atoms with van der Waals surface area (Å²) in [6.45, 7) is 6.13. The molecule has 3 rings (SSSR count). The quantitative estimate of drug-likeness (QED) is 0.188. The molecular formula is C30H41N5O7. The highest BCUT2D eigenvalue weighted by Crippen LogP contribution is 2.26. The summed E-state index contributed by atoms with van der Waals surface area (Å²) in [6, 6.07) is 15.4. The fraction of sp³-hybridized carbons (Fsp3) is 0.467. The van der Waals surface area contributed by atoms with Crippen LogP contribution < -0.4 is 21.8 Å². The van der Waals surface area contributed by atoms with Gasteiger partial charge in [-0.1, -0.05) is 60.7 Å². The number of hydrazine groups is 1. The van der Waals surface area contributed by atoms with Crippen molar-refractivity contribution in [3.63, 3.8) is 0 Å². The highest BCUT2D eigenvalue weighted by molar-refractivity contribution is 5.92. The molecule has 0 bridgehead atoms. The molecule has 42 heavy (non-hydrogen) atoms. The molecule has 0 aliphatic carbocycles. The van der Waals surface area contributed by atoms with E-state index >= 15 is 0 Å². The van der Waals surface area contributed by atoms with Crippen molar-refractivity contribution in [2.45, 2.75) is 83.0 Å². The molecule has 12 nitrogen and oxygen atoms in total. The van der Waals surface area contributed by atoms with Crippen molar-refractivity contribution in [1.29, 1.82) is 0 Å². The maximum Gasteiger partial charge on any atom is 0.426 e. The first-order valence-corrected chi connectivity index (χ1v) is 13.9. The lowest BCUT2D eigenvalue weighted by molar-refractivity contribution is -0.134.